The molecule has 1 nitrogen and oxygen atoms in total. The molecular weight excluding hydrogens is 227 g/mol. The first-order chi connectivity index (χ1) is 8.65. The lowest BCUT2D eigenvalue weighted by Gasteiger charge is -2.02. The minimum Gasteiger partial charge on any atom is -0.294 e. The number of Topliss-reactive ketones (excluding diaryl/α,β-unsaturated/α-hetero) is 1. The molecule has 0 fully saturated rings. The number of benzene rings is 2. The van der Waals surface area contributed by atoms with Crippen LogP contribution < -0.4 is 0 Å². The molecule has 0 bridgehead atoms. The van der Waals surface area contributed by atoms with Crippen molar-refractivity contribution in [1.29, 1.82) is 0 Å². The van der Waals surface area contributed by atoms with E-state index in [-0.39, 0.29) is 11.6 Å². The summed E-state index contributed by atoms with van der Waals surface area (Å²) in [6.07, 6.45) is 1.10. The average Bonchev–Trinajstić information content (AvgIpc) is 2.38. The van der Waals surface area contributed by atoms with Gasteiger partial charge in [0.1, 0.15) is 5.82 Å². The van der Waals surface area contributed by atoms with E-state index >= 15 is 0 Å². The van der Waals surface area contributed by atoms with Gasteiger partial charge in [-0.05, 0) is 31.0 Å². The van der Waals surface area contributed by atoms with Crippen LogP contribution in [0.15, 0.2) is 48.5 Å². The highest BCUT2D eigenvalue weighted by Gasteiger charge is 2.06. The molecule has 0 unspecified atom stereocenters. The molecular formula is C16H15FO. The fourth-order valence-electron chi connectivity index (χ4n) is 1.82. The Labute approximate surface area is 106 Å². The zero-order valence-corrected chi connectivity index (χ0v) is 10.3. The van der Waals surface area contributed by atoms with E-state index in [1.807, 2.05) is 31.2 Å². The zero-order valence-electron chi connectivity index (χ0n) is 10.3. The maximum atomic E-state index is 13.0. The van der Waals surface area contributed by atoms with Gasteiger partial charge in [0, 0.05) is 12.0 Å². The second kappa shape index (κ2) is 5.58. The summed E-state index contributed by atoms with van der Waals surface area (Å²) in [5.74, 6) is -0.383. The zero-order chi connectivity index (χ0) is 13.0. The predicted molar refractivity (Wildman–Crippen MR) is 70.2 cm³/mol. The van der Waals surface area contributed by atoms with Crippen molar-refractivity contribution < 1.29 is 9.18 Å². The summed E-state index contributed by atoms with van der Waals surface area (Å²) in [4.78, 5) is 11.9. The Bertz CT molecular complexity index is 543. The standard InChI is InChI=1S/C16H15FO/c1-12-5-7-13(8-6-12)9-10-16(18)14-3-2-4-15(17)11-14/h2-8,11H,9-10H2,1H3. The van der Waals surface area contributed by atoms with Gasteiger partial charge in [-0.25, -0.2) is 4.39 Å². The second-order valence-corrected chi connectivity index (χ2v) is 4.42. The minimum absolute atomic E-state index is 0.0184. The summed E-state index contributed by atoms with van der Waals surface area (Å²) in [5, 5.41) is 0. The van der Waals surface area contributed by atoms with E-state index in [9.17, 15) is 9.18 Å². The minimum atomic E-state index is -0.365. The van der Waals surface area contributed by atoms with Crippen LogP contribution in [0, 0.1) is 12.7 Å². The molecule has 0 aliphatic rings. The Morgan fingerprint density at radius 2 is 1.83 bits per heavy atom. The lowest BCUT2D eigenvalue weighted by Crippen LogP contribution is -2.01. The maximum absolute atomic E-state index is 13.0. The molecule has 18 heavy (non-hydrogen) atoms. The monoisotopic (exact) mass is 242 g/mol. The van der Waals surface area contributed by atoms with Gasteiger partial charge in [0.2, 0.25) is 0 Å². The summed E-state index contributed by atoms with van der Waals surface area (Å²) >= 11 is 0. The van der Waals surface area contributed by atoms with Crippen molar-refractivity contribution in [2.24, 2.45) is 0 Å². The van der Waals surface area contributed by atoms with E-state index in [2.05, 4.69) is 0 Å². The molecule has 2 rings (SSSR count). The van der Waals surface area contributed by atoms with Gasteiger partial charge in [-0.15, -0.1) is 0 Å². The number of halogens is 1. The first-order valence-corrected chi connectivity index (χ1v) is 5.99. The van der Waals surface area contributed by atoms with Crippen molar-refractivity contribution in [2.45, 2.75) is 19.8 Å². The van der Waals surface area contributed by atoms with Gasteiger partial charge in [-0.1, -0.05) is 42.0 Å². The van der Waals surface area contributed by atoms with Crippen LogP contribution in [0.3, 0.4) is 0 Å². The maximum Gasteiger partial charge on any atom is 0.163 e. The molecule has 0 aliphatic carbocycles. The number of carbonyl (C=O) groups is 1. The van der Waals surface area contributed by atoms with Crippen LogP contribution in [0.1, 0.15) is 27.9 Å². The van der Waals surface area contributed by atoms with E-state index in [1.54, 1.807) is 12.1 Å². The third-order valence-electron chi connectivity index (χ3n) is 2.91. The highest BCUT2D eigenvalue weighted by Crippen LogP contribution is 2.10. The first kappa shape index (κ1) is 12.5. The van der Waals surface area contributed by atoms with Crippen molar-refractivity contribution in [1.82, 2.24) is 0 Å². The smallest absolute Gasteiger partial charge is 0.163 e. The van der Waals surface area contributed by atoms with Gasteiger partial charge >= 0.3 is 0 Å². The third-order valence-corrected chi connectivity index (χ3v) is 2.91. The summed E-state index contributed by atoms with van der Waals surface area (Å²) in [6, 6.07) is 14.0. The highest BCUT2D eigenvalue weighted by molar-refractivity contribution is 5.96. The Kier molecular flexibility index (Phi) is 3.88. The summed E-state index contributed by atoms with van der Waals surface area (Å²) in [7, 11) is 0. The first-order valence-electron chi connectivity index (χ1n) is 5.99. The van der Waals surface area contributed by atoms with Crippen LogP contribution in [0.5, 0.6) is 0 Å². The topological polar surface area (TPSA) is 17.1 Å². The Balaban J connectivity index is 1.98. The largest absolute Gasteiger partial charge is 0.294 e. The van der Waals surface area contributed by atoms with Crippen molar-refractivity contribution in [3.05, 3.63) is 71.0 Å². The molecule has 92 valence electrons. The fraction of sp³-hybridized carbons (Fsp3) is 0.188. The van der Waals surface area contributed by atoms with E-state index < -0.39 is 0 Å². The van der Waals surface area contributed by atoms with Crippen molar-refractivity contribution in [2.75, 3.05) is 0 Å². The number of carbonyl (C=O) groups excluding carboxylic acids is 1. The molecule has 0 atom stereocenters. The molecule has 0 saturated carbocycles. The SMILES string of the molecule is Cc1ccc(CCC(=O)c2cccc(F)c2)cc1. The lowest BCUT2D eigenvalue weighted by atomic mass is 10.0. The number of ketones is 1. The number of aryl methyl sites for hydroxylation is 2. The van der Waals surface area contributed by atoms with Crippen LogP contribution in [0.25, 0.3) is 0 Å². The van der Waals surface area contributed by atoms with Crippen LogP contribution in [0.4, 0.5) is 4.39 Å². The Morgan fingerprint density at radius 3 is 2.50 bits per heavy atom. The predicted octanol–water partition coefficient (Wildman–Crippen LogP) is 3.95. The van der Waals surface area contributed by atoms with Gasteiger partial charge in [0.05, 0.1) is 0 Å². The quantitative estimate of drug-likeness (QED) is 0.742. The van der Waals surface area contributed by atoms with Crippen LogP contribution in [-0.2, 0) is 6.42 Å². The molecule has 0 spiro atoms. The Morgan fingerprint density at radius 1 is 1.11 bits per heavy atom. The average molecular weight is 242 g/mol. The van der Waals surface area contributed by atoms with Crippen LogP contribution >= 0.6 is 0 Å². The van der Waals surface area contributed by atoms with Crippen molar-refractivity contribution in [3.63, 3.8) is 0 Å². The molecule has 2 aromatic carbocycles. The fourth-order valence-corrected chi connectivity index (χ4v) is 1.82. The molecule has 0 amide bonds. The molecule has 2 heteroatoms. The molecule has 0 aliphatic heterocycles. The highest BCUT2D eigenvalue weighted by atomic mass is 19.1. The van der Waals surface area contributed by atoms with Crippen LogP contribution in [0.2, 0.25) is 0 Å². The molecule has 0 radical (unpaired) electrons. The third kappa shape index (κ3) is 3.27. The number of hydrogen-bond donors (Lipinski definition) is 0. The summed E-state index contributed by atoms with van der Waals surface area (Å²) < 4.78 is 13.0. The molecule has 0 saturated heterocycles. The van der Waals surface area contributed by atoms with Crippen molar-refractivity contribution >= 4 is 5.78 Å². The van der Waals surface area contributed by atoms with Crippen LogP contribution in [-0.4, -0.2) is 5.78 Å². The molecule has 0 aromatic heterocycles. The lowest BCUT2D eigenvalue weighted by molar-refractivity contribution is 0.0982. The molecule has 0 heterocycles. The van der Waals surface area contributed by atoms with Gasteiger partial charge in [0.15, 0.2) is 5.78 Å². The summed E-state index contributed by atoms with van der Waals surface area (Å²) in [6.45, 7) is 2.03. The van der Waals surface area contributed by atoms with Gasteiger partial charge in [-0.2, -0.15) is 0 Å². The van der Waals surface area contributed by atoms with E-state index in [4.69, 9.17) is 0 Å². The van der Waals surface area contributed by atoms with E-state index in [1.165, 1.54) is 17.7 Å². The molecule has 2 aromatic rings. The van der Waals surface area contributed by atoms with E-state index in [0.717, 1.165) is 5.56 Å². The van der Waals surface area contributed by atoms with E-state index in [0.29, 0.717) is 18.4 Å². The van der Waals surface area contributed by atoms with Gasteiger partial charge < -0.3 is 0 Å². The normalized spacial score (nSPS) is 10.3. The van der Waals surface area contributed by atoms with Crippen molar-refractivity contribution in [3.8, 4) is 0 Å². The number of hydrogen-bond acceptors (Lipinski definition) is 1. The Hall–Kier alpha value is -1.96. The summed E-state index contributed by atoms with van der Waals surface area (Å²) in [5.41, 5.74) is 2.78. The second-order valence-electron chi connectivity index (χ2n) is 4.42. The number of rotatable bonds is 4. The molecule has 0 N–H and O–H groups in total. The van der Waals surface area contributed by atoms with Gasteiger partial charge in [-0.3, -0.25) is 4.79 Å². The van der Waals surface area contributed by atoms with Gasteiger partial charge in [0.25, 0.3) is 0 Å².